The molecule has 0 saturated heterocycles. The van der Waals surface area contributed by atoms with Crippen molar-refractivity contribution < 1.29 is 4.74 Å². The van der Waals surface area contributed by atoms with E-state index in [1.807, 2.05) is 24.3 Å². The van der Waals surface area contributed by atoms with Crippen LogP contribution in [0.2, 0.25) is 0 Å². The van der Waals surface area contributed by atoms with Crippen molar-refractivity contribution in [2.45, 2.75) is 19.8 Å². The maximum Gasteiger partial charge on any atom is 0.134 e. The number of para-hydroxylation sites is 1. The lowest BCUT2D eigenvalue weighted by atomic mass is 10.2. The monoisotopic (exact) mass is 222 g/mol. The van der Waals surface area contributed by atoms with E-state index >= 15 is 0 Å². The van der Waals surface area contributed by atoms with Gasteiger partial charge in [-0.15, -0.1) is 11.6 Å². The zero-order valence-corrected chi connectivity index (χ0v) is 9.68. The Labute approximate surface area is 96.4 Å². The Morgan fingerprint density at radius 1 is 1.33 bits per heavy atom. The fourth-order valence-electron chi connectivity index (χ4n) is 1.15. The van der Waals surface area contributed by atoms with Gasteiger partial charge in [-0.05, 0) is 18.6 Å². The number of ether oxygens (including phenoxy) is 1. The van der Waals surface area contributed by atoms with Crippen LogP contribution in [0.1, 0.15) is 25.3 Å². The van der Waals surface area contributed by atoms with Gasteiger partial charge in [0.05, 0.1) is 18.1 Å². The summed E-state index contributed by atoms with van der Waals surface area (Å²) in [5, 5.41) is 0. The Morgan fingerprint density at radius 2 is 2.13 bits per heavy atom. The van der Waals surface area contributed by atoms with Gasteiger partial charge in [-0.25, -0.2) is 0 Å². The molecule has 0 spiro atoms. The lowest BCUT2D eigenvalue weighted by Crippen LogP contribution is -1.98. The zero-order valence-electron chi connectivity index (χ0n) is 8.92. The van der Waals surface area contributed by atoms with Crippen LogP contribution in [0.4, 0.5) is 0 Å². The summed E-state index contributed by atoms with van der Waals surface area (Å²) in [5.74, 6) is 7.01. The highest BCUT2D eigenvalue weighted by Crippen LogP contribution is 2.16. The molecule has 1 rings (SSSR count). The second-order valence-electron chi connectivity index (χ2n) is 3.13. The van der Waals surface area contributed by atoms with Crippen LogP contribution in [0.5, 0.6) is 5.75 Å². The fraction of sp³-hybridized carbons (Fsp3) is 0.385. The van der Waals surface area contributed by atoms with Gasteiger partial charge in [-0.3, -0.25) is 0 Å². The van der Waals surface area contributed by atoms with Gasteiger partial charge in [0.2, 0.25) is 0 Å². The van der Waals surface area contributed by atoms with Crippen LogP contribution < -0.4 is 4.74 Å². The first kappa shape index (κ1) is 11.9. The van der Waals surface area contributed by atoms with Gasteiger partial charge in [-0.2, -0.15) is 0 Å². The number of halogens is 1. The number of rotatable bonds is 4. The smallest absolute Gasteiger partial charge is 0.134 e. The van der Waals surface area contributed by atoms with Crippen molar-refractivity contribution in [1.82, 2.24) is 0 Å². The van der Waals surface area contributed by atoms with Crippen molar-refractivity contribution in [2.75, 3.05) is 12.5 Å². The summed E-state index contributed by atoms with van der Waals surface area (Å²) in [6, 6.07) is 7.78. The maximum absolute atomic E-state index is 5.63. The molecule has 0 saturated carbocycles. The Hall–Kier alpha value is -1.13. The van der Waals surface area contributed by atoms with Gasteiger partial charge in [0.1, 0.15) is 5.75 Å². The molecule has 1 aromatic carbocycles. The van der Waals surface area contributed by atoms with E-state index in [1.54, 1.807) is 0 Å². The molecule has 0 fully saturated rings. The van der Waals surface area contributed by atoms with Gasteiger partial charge in [-0.1, -0.05) is 37.3 Å². The molecular formula is C13H15ClO. The molecule has 0 aliphatic heterocycles. The zero-order chi connectivity index (χ0) is 10.9. The molecule has 15 heavy (non-hydrogen) atoms. The van der Waals surface area contributed by atoms with Crippen LogP contribution in [-0.4, -0.2) is 12.5 Å². The van der Waals surface area contributed by atoms with Gasteiger partial charge in [0.15, 0.2) is 0 Å². The van der Waals surface area contributed by atoms with E-state index in [9.17, 15) is 0 Å². The molecule has 0 bridgehead atoms. The molecular weight excluding hydrogens is 208 g/mol. The number of hydrogen-bond donors (Lipinski definition) is 0. The average molecular weight is 223 g/mol. The van der Waals surface area contributed by atoms with Crippen LogP contribution >= 0.6 is 11.6 Å². The van der Waals surface area contributed by atoms with E-state index in [0.717, 1.165) is 30.8 Å². The number of unbranched alkanes of at least 4 members (excludes halogenated alkanes) is 1. The minimum atomic E-state index is 0.350. The highest BCUT2D eigenvalue weighted by atomic mass is 35.5. The number of hydrogen-bond acceptors (Lipinski definition) is 1. The summed E-state index contributed by atoms with van der Waals surface area (Å²) >= 11 is 5.52. The molecule has 1 aromatic rings. The molecule has 0 atom stereocenters. The SMILES string of the molecule is CCCCOc1ccccc1C#CCCl. The van der Waals surface area contributed by atoms with E-state index in [1.165, 1.54) is 0 Å². The Bertz CT molecular complexity index is 349. The van der Waals surface area contributed by atoms with E-state index < -0.39 is 0 Å². The second-order valence-corrected chi connectivity index (χ2v) is 3.40. The summed E-state index contributed by atoms with van der Waals surface area (Å²) in [6.45, 7) is 2.89. The predicted octanol–water partition coefficient (Wildman–Crippen LogP) is 3.46. The van der Waals surface area contributed by atoms with Crippen molar-refractivity contribution in [3.63, 3.8) is 0 Å². The normalized spacial score (nSPS) is 9.20. The third-order valence-electron chi connectivity index (χ3n) is 1.93. The van der Waals surface area contributed by atoms with E-state index in [4.69, 9.17) is 16.3 Å². The molecule has 1 nitrogen and oxygen atoms in total. The Kier molecular flexibility index (Phi) is 5.73. The highest BCUT2D eigenvalue weighted by molar-refractivity contribution is 6.19. The van der Waals surface area contributed by atoms with Crippen LogP contribution in [0.25, 0.3) is 0 Å². The third kappa shape index (κ3) is 4.27. The Balaban J connectivity index is 2.68. The maximum atomic E-state index is 5.63. The van der Waals surface area contributed by atoms with Gasteiger partial charge in [0, 0.05) is 0 Å². The van der Waals surface area contributed by atoms with Gasteiger partial charge < -0.3 is 4.74 Å². The van der Waals surface area contributed by atoms with E-state index in [0.29, 0.717) is 5.88 Å². The molecule has 0 aromatic heterocycles. The first-order valence-corrected chi connectivity index (χ1v) is 5.68. The quantitative estimate of drug-likeness (QED) is 0.431. The molecule has 0 amide bonds. The number of benzene rings is 1. The minimum absolute atomic E-state index is 0.350. The van der Waals surface area contributed by atoms with Crippen LogP contribution in [0.3, 0.4) is 0 Å². The topological polar surface area (TPSA) is 9.23 Å². The van der Waals surface area contributed by atoms with Crippen LogP contribution in [-0.2, 0) is 0 Å². The summed E-state index contributed by atoms with van der Waals surface area (Å²) < 4.78 is 5.63. The summed E-state index contributed by atoms with van der Waals surface area (Å²) in [4.78, 5) is 0. The molecule has 80 valence electrons. The summed E-state index contributed by atoms with van der Waals surface area (Å²) in [5.41, 5.74) is 0.911. The predicted molar refractivity (Wildman–Crippen MR) is 64.4 cm³/mol. The van der Waals surface area contributed by atoms with Crippen molar-refractivity contribution in [3.8, 4) is 17.6 Å². The van der Waals surface area contributed by atoms with Crippen molar-refractivity contribution in [3.05, 3.63) is 29.8 Å². The minimum Gasteiger partial charge on any atom is -0.492 e. The number of alkyl halides is 1. The largest absolute Gasteiger partial charge is 0.492 e. The molecule has 2 heteroatoms. The molecule has 0 radical (unpaired) electrons. The second kappa shape index (κ2) is 7.20. The van der Waals surface area contributed by atoms with E-state index in [2.05, 4.69) is 18.8 Å². The molecule has 0 aliphatic rings. The first-order chi connectivity index (χ1) is 7.38. The van der Waals surface area contributed by atoms with Crippen LogP contribution in [0.15, 0.2) is 24.3 Å². The van der Waals surface area contributed by atoms with E-state index in [-0.39, 0.29) is 0 Å². The molecule has 0 aliphatic carbocycles. The standard InChI is InChI=1S/C13H15ClO/c1-2-3-11-15-13-9-5-4-7-12(13)8-6-10-14/h4-5,7,9H,2-3,10-11H2,1H3. The highest BCUT2D eigenvalue weighted by Gasteiger charge is 1.98. The first-order valence-electron chi connectivity index (χ1n) is 5.15. The fourth-order valence-corrected chi connectivity index (χ4v) is 1.22. The van der Waals surface area contributed by atoms with Crippen molar-refractivity contribution in [1.29, 1.82) is 0 Å². The van der Waals surface area contributed by atoms with Gasteiger partial charge in [0.25, 0.3) is 0 Å². The van der Waals surface area contributed by atoms with Crippen molar-refractivity contribution >= 4 is 11.6 Å². The lowest BCUT2D eigenvalue weighted by molar-refractivity contribution is 0.308. The summed E-state index contributed by atoms with van der Waals surface area (Å²) in [6.07, 6.45) is 2.20. The molecule has 0 heterocycles. The van der Waals surface area contributed by atoms with Crippen molar-refractivity contribution in [2.24, 2.45) is 0 Å². The summed E-state index contributed by atoms with van der Waals surface area (Å²) in [7, 11) is 0. The Morgan fingerprint density at radius 3 is 2.87 bits per heavy atom. The average Bonchev–Trinajstić information content (AvgIpc) is 2.28. The molecule has 0 unspecified atom stereocenters. The third-order valence-corrected chi connectivity index (χ3v) is 2.07. The van der Waals surface area contributed by atoms with Gasteiger partial charge >= 0.3 is 0 Å². The molecule has 0 N–H and O–H groups in total. The van der Waals surface area contributed by atoms with Crippen LogP contribution in [0, 0.1) is 11.8 Å². The lowest BCUT2D eigenvalue weighted by Gasteiger charge is -2.06.